The second-order valence-electron chi connectivity index (χ2n) is 2.34. The molecule has 0 aromatic heterocycles. The van der Waals surface area contributed by atoms with Gasteiger partial charge in [0.15, 0.2) is 0 Å². The molecule has 1 nitrogen and oxygen atoms in total. The number of para-hydroxylation sites is 1. The number of benzene rings is 1. The third kappa shape index (κ3) is 1.30. The minimum absolute atomic E-state index is 0.965. The molecule has 2 heteroatoms. The Morgan fingerprint density at radius 1 is 1.20 bits per heavy atom. The fourth-order valence-corrected chi connectivity index (χ4v) is 1.36. The highest BCUT2D eigenvalue weighted by atomic mass is 31.0. The Hall–Kier alpha value is -0.550. The lowest BCUT2D eigenvalue weighted by Gasteiger charge is -2.05. The molecule has 0 saturated carbocycles. The first-order valence-electron chi connectivity index (χ1n) is 3.18. The summed E-state index contributed by atoms with van der Waals surface area (Å²) in [6.07, 6.45) is 0. The maximum Gasteiger partial charge on any atom is 0.128 e. The van der Waals surface area contributed by atoms with Crippen LogP contribution in [0.15, 0.2) is 18.2 Å². The fraction of sp³-hybridized carbons (Fsp3) is 0.250. The normalized spacial score (nSPS) is 9.50. The van der Waals surface area contributed by atoms with E-state index in [-0.39, 0.29) is 0 Å². The molecule has 0 aliphatic heterocycles. The SMILES string of the molecule is Cc1cccc(C)c1OP. The molecule has 0 spiro atoms. The van der Waals surface area contributed by atoms with Gasteiger partial charge in [0.05, 0.1) is 9.47 Å². The average Bonchev–Trinajstić information content (AvgIpc) is 1.88. The van der Waals surface area contributed by atoms with E-state index in [9.17, 15) is 0 Å². The third-order valence-corrected chi connectivity index (χ3v) is 1.76. The van der Waals surface area contributed by atoms with Gasteiger partial charge in [0.1, 0.15) is 5.75 Å². The monoisotopic (exact) mass is 154 g/mol. The molecule has 10 heavy (non-hydrogen) atoms. The number of aryl methyl sites for hydroxylation is 2. The van der Waals surface area contributed by atoms with Crippen molar-refractivity contribution in [2.24, 2.45) is 0 Å². The van der Waals surface area contributed by atoms with E-state index in [2.05, 4.69) is 9.47 Å². The van der Waals surface area contributed by atoms with E-state index in [0.717, 1.165) is 5.75 Å². The summed E-state index contributed by atoms with van der Waals surface area (Å²) in [6, 6.07) is 6.09. The Balaban J connectivity index is 3.17. The van der Waals surface area contributed by atoms with E-state index in [4.69, 9.17) is 4.52 Å². The molecule has 1 aromatic rings. The van der Waals surface area contributed by atoms with Crippen LogP contribution in [0.5, 0.6) is 5.75 Å². The number of hydrogen-bond donors (Lipinski definition) is 0. The maximum atomic E-state index is 5.09. The molecule has 0 aliphatic rings. The minimum Gasteiger partial charge on any atom is -0.480 e. The van der Waals surface area contributed by atoms with Gasteiger partial charge in [0.25, 0.3) is 0 Å². The van der Waals surface area contributed by atoms with Crippen LogP contribution in [0.2, 0.25) is 0 Å². The first kappa shape index (κ1) is 7.56. The summed E-state index contributed by atoms with van der Waals surface area (Å²) in [5.74, 6) is 0.965. The Morgan fingerprint density at radius 2 is 1.70 bits per heavy atom. The van der Waals surface area contributed by atoms with E-state index in [1.165, 1.54) is 11.1 Å². The predicted molar refractivity (Wildman–Crippen MR) is 46.3 cm³/mol. The van der Waals surface area contributed by atoms with E-state index >= 15 is 0 Å². The van der Waals surface area contributed by atoms with Crippen LogP contribution in [-0.2, 0) is 0 Å². The van der Waals surface area contributed by atoms with Gasteiger partial charge in [-0.2, -0.15) is 0 Å². The van der Waals surface area contributed by atoms with Gasteiger partial charge in [-0.3, -0.25) is 0 Å². The Morgan fingerprint density at radius 3 is 2.00 bits per heavy atom. The van der Waals surface area contributed by atoms with Crippen LogP contribution in [0.4, 0.5) is 0 Å². The topological polar surface area (TPSA) is 9.23 Å². The van der Waals surface area contributed by atoms with Gasteiger partial charge < -0.3 is 4.52 Å². The van der Waals surface area contributed by atoms with Gasteiger partial charge >= 0.3 is 0 Å². The Bertz CT molecular complexity index is 212. The molecular formula is C8H11OP. The first-order valence-corrected chi connectivity index (χ1v) is 3.66. The maximum absolute atomic E-state index is 5.09. The van der Waals surface area contributed by atoms with Crippen LogP contribution in [0.1, 0.15) is 11.1 Å². The van der Waals surface area contributed by atoms with Crippen molar-refractivity contribution in [1.82, 2.24) is 0 Å². The number of rotatable bonds is 1. The van der Waals surface area contributed by atoms with Crippen molar-refractivity contribution in [2.45, 2.75) is 13.8 Å². The van der Waals surface area contributed by atoms with Crippen LogP contribution in [0.3, 0.4) is 0 Å². The highest BCUT2D eigenvalue weighted by molar-refractivity contribution is 7.10. The third-order valence-electron chi connectivity index (χ3n) is 1.53. The van der Waals surface area contributed by atoms with Crippen molar-refractivity contribution >= 4 is 9.47 Å². The molecule has 1 rings (SSSR count). The zero-order valence-corrected chi connectivity index (χ0v) is 7.37. The summed E-state index contributed by atoms with van der Waals surface area (Å²) in [7, 11) is 2.26. The van der Waals surface area contributed by atoms with Gasteiger partial charge in [-0.25, -0.2) is 0 Å². The predicted octanol–water partition coefficient (Wildman–Crippen LogP) is 2.47. The van der Waals surface area contributed by atoms with Crippen LogP contribution in [0, 0.1) is 13.8 Å². The van der Waals surface area contributed by atoms with Gasteiger partial charge in [-0.1, -0.05) is 18.2 Å². The molecule has 54 valence electrons. The fourth-order valence-electron chi connectivity index (χ4n) is 0.985. The lowest BCUT2D eigenvalue weighted by molar-refractivity contribution is 0.633. The van der Waals surface area contributed by atoms with E-state index in [1.54, 1.807) is 0 Å². The highest BCUT2D eigenvalue weighted by Gasteiger charge is 1.98. The van der Waals surface area contributed by atoms with Crippen molar-refractivity contribution in [3.8, 4) is 5.75 Å². The number of hydrogen-bond acceptors (Lipinski definition) is 1. The quantitative estimate of drug-likeness (QED) is 0.564. The first-order chi connectivity index (χ1) is 4.75. The molecular weight excluding hydrogens is 143 g/mol. The summed E-state index contributed by atoms with van der Waals surface area (Å²) in [6.45, 7) is 4.07. The average molecular weight is 154 g/mol. The summed E-state index contributed by atoms with van der Waals surface area (Å²) in [5, 5.41) is 0. The Labute approximate surface area is 63.7 Å². The van der Waals surface area contributed by atoms with Crippen molar-refractivity contribution in [3.05, 3.63) is 29.3 Å². The second-order valence-corrected chi connectivity index (χ2v) is 2.57. The minimum atomic E-state index is 0.965. The molecule has 0 bridgehead atoms. The second kappa shape index (κ2) is 3.03. The van der Waals surface area contributed by atoms with Gasteiger partial charge in [0.2, 0.25) is 0 Å². The molecule has 1 unspecified atom stereocenters. The van der Waals surface area contributed by atoms with Gasteiger partial charge in [-0.05, 0) is 25.0 Å². The van der Waals surface area contributed by atoms with Crippen molar-refractivity contribution in [3.63, 3.8) is 0 Å². The van der Waals surface area contributed by atoms with Gasteiger partial charge in [0, 0.05) is 0 Å². The van der Waals surface area contributed by atoms with Crippen molar-refractivity contribution < 1.29 is 4.52 Å². The molecule has 0 fully saturated rings. The highest BCUT2D eigenvalue weighted by Crippen LogP contribution is 2.23. The molecule has 0 radical (unpaired) electrons. The van der Waals surface area contributed by atoms with Crippen LogP contribution in [0.25, 0.3) is 0 Å². The molecule has 1 aromatic carbocycles. The summed E-state index contributed by atoms with van der Waals surface area (Å²) >= 11 is 0. The molecule has 0 amide bonds. The summed E-state index contributed by atoms with van der Waals surface area (Å²) < 4.78 is 5.09. The lowest BCUT2D eigenvalue weighted by Crippen LogP contribution is -1.83. The molecule has 0 N–H and O–H groups in total. The molecule has 0 saturated heterocycles. The van der Waals surface area contributed by atoms with Crippen LogP contribution < -0.4 is 4.52 Å². The summed E-state index contributed by atoms with van der Waals surface area (Å²) in [4.78, 5) is 0. The zero-order valence-electron chi connectivity index (χ0n) is 6.22. The largest absolute Gasteiger partial charge is 0.480 e. The van der Waals surface area contributed by atoms with Crippen molar-refractivity contribution in [2.75, 3.05) is 0 Å². The van der Waals surface area contributed by atoms with Crippen LogP contribution >= 0.6 is 9.47 Å². The van der Waals surface area contributed by atoms with E-state index in [0.29, 0.717) is 0 Å². The standard InChI is InChI=1S/C8H11OP/c1-6-4-3-5-7(2)8(6)9-10/h3-5H,10H2,1-2H3. The van der Waals surface area contributed by atoms with Gasteiger partial charge in [-0.15, -0.1) is 0 Å². The summed E-state index contributed by atoms with van der Waals surface area (Å²) in [5.41, 5.74) is 2.35. The van der Waals surface area contributed by atoms with Crippen LogP contribution in [-0.4, -0.2) is 0 Å². The van der Waals surface area contributed by atoms with Crippen molar-refractivity contribution in [1.29, 1.82) is 0 Å². The zero-order chi connectivity index (χ0) is 7.56. The molecule has 0 heterocycles. The molecule has 0 aliphatic carbocycles. The van der Waals surface area contributed by atoms with E-state index < -0.39 is 0 Å². The van der Waals surface area contributed by atoms with E-state index in [1.807, 2.05) is 32.0 Å². The molecule has 1 atom stereocenters. The lowest BCUT2D eigenvalue weighted by atomic mass is 10.1. The smallest absolute Gasteiger partial charge is 0.128 e. The Kier molecular flexibility index (Phi) is 2.29.